The van der Waals surface area contributed by atoms with Gasteiger partial charge in [-0.2, -0.15) is 13.2 Å². The number of nitrogens with one attached hydrogen (secondary N) is 4. The predicted molar refractivity (Wildman–Crippen MR) is 111 cm³/mol. The molecule has 4 N–H and O–H groups in total. The number of carbonyl (C=O) groups is 1. The lowest BCUT2D eigenvalue weighted by atomic mass is 10.1. The number of benzene rings is 1. The summed E-state index contributed by atoms with van der Waals surface area (Å²) in [5.41, 5.74) is -0.159. The number of nitrogens with zero attached hydrogens (tertiary/aromatic N) is 3. The van der Waals surface area contributed by atoms with Crippen molar-refractivity contribution < 1.29 is 18.0 Å². The van der Waals surface area contributed by atoms with Crippen molar-refractivity contribution >= 4 is 29.2 Å². The van der Waals surface area contributed by atoms with E-state index in [4.69, 9.17) is 0 Å². The van der Waals surface area contributed by atoms with E-state index in [1.807, 2.05) is 19.1 Å². The van der Waals surface area contributed by atoms with E-state index >= 15 is 0 Å². The molecule has 0 spiro atoms. The number of para-hydroxylation sites is 1. The first-order valence-electron chi connectivity index (χ1n) is 9.29. The number of aromatic nitrogens is 3. The zero-order chi connectivity index (χ0) is 22.3. The molecule has 1 aromatic carbocycles. The van der Waals surface area contributed by atoms with Gasteiger partial charge in [0.25, 0.3) is 0 Å². The van der Waals surface area contributed by atoms with Gasteiger partial charge in [0.2, 0.25) is 0 Å². The van der Waals surface area contributed by atoms with Gasteiger partial charge in [-0.15, -0.1) is 10.2 Å². The van der Waals surface area contributed by atoms with E-state index in [0.717, 1.165) is 11.6 Å². The summed E-state index contributed by atoms with van der Waals surface area (Å²) in [4.78, 5) is 16.1. The van der Waals surface area contributed by atoms with Crippen LogP contribution in [0.25, 0.3) is 0 Å². The van der Waals surface area contributed by atoms with Gasteiger partial charge in [0.1, 0.15) is 11.6 Å². The van der Waals surface area contributed by atoms with Crippen molar-refractivity contribution in [1.29, 1.82) is 0 Å². The van der Waals surface area contributed by atoms with Crippen LogP contribution in [0.1, 0.15) is 11.1 Å². The van der Waals surface area contributed by atoms with Crippen LogP contribution in [-0.4, -0.2) is 34.3 Å². The number of halogens is 3. The van der Waals surface area contributed by atoms with E-state index in [9.17, 15) is 18.0 Å². The number of alkyl halides is 3. The Labute approximate surface area is 176 Å². The fraction of sp³-hybridized carbons (Fsp3) is 0.200. The number of aryl methyl sites for hydroxylation is 1. The first kappa shape index (κ1) is 21.8. The van der Waals surface area contributed by atoms with Crippen LogP contribution in [0.5, 0.6) is 0 Å². The zero-order valence-corrected chi connectivity index (χ0v) is 16.5. The highest BCUT2D eigenvalue weighted by molar-refractivity contribution is 5.90. The van der Waals surface area contributed by atoms with Crippen LogP contribution >= 0.6 is 0 Å². The van der Waals surface area contributed by atoms with Crippen LogP contribution in [0.2, 0.25) is 0 Å². The number of urea groups is 1. The average Bonchev–Trinajstić information content (AvgIpc) is 2.72. The second-order valence-electron chi connectivity index (χ2n) is 6.50. The molecule has 0 aliphatic rings. The lowest BCUT2D eigenvalue weighted by molar-refractivity contribution is -0.136. The summed E-state index contributed by atoms with van der Waals surface area (Å²) in [7, 11) is 0. The molecule has 162 valence electrons. The van der Waals surface area contributed by atoms with Crippen molar-refractivity contribution in [3.8, 4) is 0 Å². The number of hydrogen-bond acceptors (Lipinski definition) is 6. The minimum atomic E-state index is -4.56. The van der Waals surface area contributed by atoms with E-state index in [-0.39, 0.29) is 12.2 Å². The van der Waals surface area contributed by atoms with Gasteiger partial charge >= 0.3 is 12.2 Å². The van der Waals surface area contributed by atoms with Crippen LogP contribution in [0, 0.1) is 6.92 Å². The van der Waals surface area contributed by atoms with Crippen molar-refractivity contribution in [1.82, 2.24) is 20.5 Å². The molecule has 0 bridgehead atoms. The highest BCUT2D eigenvalue weighted by Crippen LogP contribution is 2.34. The Morgan fingerprint density at radius 2 is 1.71 bits per heavy atom. The number of hydrogen-bond donors (Lipinski definition) is 4. The Morgan fingerprint density at radius 1 is 0.968 bits per heavy atom. The van der Waals surface area contributed by atoms with Gasteiger partial charge in [0, 0.05) is 19.3 Å². The summed E-state index contributed by atoms with van der Waals surface area (Å²) < 4.78 is 38.9. The fourth-order valence-corrected chi connectivity index (χ4v) is 2.60. The molecule has 2 aromatic heterocycles. The second-order valence-corrected chi connectivity index (χ2v) is 6.50. The van der Waals surface area contributed by atoms with Gasteiger partial charge in [-0.25, -0.2) is 9.78 Å². The number of rotatable bonds is 7. The minimum Gasteiger partial charge on any atom is -0.367 e. The average molecular weight is 431 g/mol. The van der Waals surface area contributed by atoms with Gasteiger partial charge < -0.3 is 21.3 Å². The number of anilines is 4. The molecule has 0 saturated carbocycles. The second kappa shape index (κ2) is 9.74. The van der Waals surface area contributed by atoms with Crippen molar-refractivity contribution in [3.05, 3.63) is 65.9 Å². The molecule has 3 rings (SSSR count). The van der Waals surface area contributed by atoms with Crippen LogP contribution in [0.3, 0.4) is 0 Å². The minimum absolute atomic E-state index is 0.162. The number of carbonyl (C=O) groups excluding carboxylic acids is 1. The third-order valence-electron chi connectivity index (χ3n) is 4.03. The summed E-state index contributed by atoms with van der Waals surface area (Å²) in [5.74, 6) is 1.65. The van der Waals surface area contributed by atoms with E-state index in [0.29, 0.717) is 24.0 Å². The van der Waals surface area contributed by atoms with Crippen molar-refractivity contribution in [2.24, 2.45) is 0 Å². The molecule has 0 aliphatic heterocycles. The van der Waals surface area contributed by atoms with E-state index in [2.05, 4.69) is 36.4 Å². The molecule has 8 nitrogen and oxygen atoms in total. The lowest BCUT2D eigenvalue weighted by Crippen LogP contribution is -2.33. The molecule has 0 radical (unpaired) electrons. The molecule has 3 aromatic rings. The molecule has 0 fully saturated rings. The quantitative estimate of drug-likeness (QED) is 0.419. The smallest absolute Gasteiger partial charge is 0.367 e. The molecule has 0 atom stereocenters. The molecule has 0 saturated heterocycles. The SMILES string of the molecule is Cc1ccnc(Nc2ccc(NCCNC(=O)Nc3ccccc3C(F)(F)F)nn2)c1. The maximum Gasteiger partial charge on any atom is 0.418 e. The standard InChI is InChI=1S/C20H20F3N7O/c1-13-8-9-24-18(12-13)28-17-7-6-16(29-30-17)25-10-11-26-19(31)27-15-5-3-2-4-14(15)20(21,22)23/h2-9,12H,10-11H2,1H3,(H,25,29)(H,24,28,30)(H2,26,27,31). The summed E-state index contributed by atoms with van der Waals surface area (Å²) in [5, 5.41) is 18.7. The molecular weight excluding hydrogens is 411 g/mol. The van der Waals surface area contributed by atoms with Crippen LogP contribution in [0.4, 0.5) is 41.1 Å². The molecule has 31 heavy (non-hydrogen) atoms. The third kappa shape index (κ3) is 6.56. The number of pyridine rings is 1. The first-order chi connectivity index (χ1) is 14.8. The maximum absolute atomic E-state index is 13.0. The fourth-order valence-electron chi connectivity index (χ4n) is 2.60. The number of amides is 2. The third-order valence-corrected chi connectivity index (χ3v) is 4.03. The lowest BCUT2D eigenvalue weighted by Gasteiger charge is -2.14. The molecule has 2 amide bonds. The van der Waals surface area contributed by atoms with Gasteiger partial charge in [-0.05, 0) is 48.9 Å². The summed E-state index contributed by atoms with van der Waals surface area (Å²) in [6.07, 6.45) is -2.87. The predicted octanol–water partition coefficient (Wildman–Crippen LogP) is 4.18. The van der Waals surface area contributed by atoms with Gasteiger partial charge in [-0.3, -0.25) is 0 Å². The van der Waals surface area contributed by atoms with E-state index < -0.39 is 17.8 Å². The van der Waals surface area contributed by atoms with Crippen LogP contribution < -0.4 is 21.3 Å². The highest BCUT2D eigenvalue weighted by Gasteiger charge is 2.33. The Hall–Kier alpha value is -3.89. The monoisotopic (exact) mass is 431 g/mol. The van der Waals surface area contributed by atoms with Gasteiger partial charge in [0.05, 0.1) is 11.3 Å². The highest BCUT2D eigenvalue weighted by atomic mass is 19.4. The van der Waals surface area contributed by atoms with Gasteiger partial charge in [-0.1, -0.05) is 12.1 Å². The Balaban J connectivity index is 1.43. The van der Waals surface area contributed by atoms with Crippen molar-refractivity contribution in [2.75, 3.05) is 29.0 Å². The van der Waals surface area contributed by atoms with E-state index in [1.54, 1.807) is 18.3 Å². The largest absolute Gasteiger partial charge is 0.418 e. The molecular formula is C20H20F3N7O. The van der Waals surface area contributed by atoms with E-state index in [1.165, 1.54) is 18.2 Å². The maximum atomic E-state index is 13.0. The van der Waals surface area contributed by atoms with Crippen LogP contribution in [-0.2, 0) is 6.18 Å². The summed E-state index contributed by atoms with van der Waals surface area (Å²) in [6.45, 7) is 2.42. The normalized spacial score (nSPS) is 11.0. The van der Waals surface area contributed by atoms with Gasteiger partial charge in [0.15, 0.2) is 5.82 Å². The topological polar surface area (TPSA) is 104 Å². The molecule has 0 aliphatic carbocycles. The first-order valence-corrected chi connectivity index (χ1v) is 9.29. The zero-order valence-electron chi connectivity index (χ0n) is 16.5. The van der Waals surface area contributed by atoms with Crippen molar-refractivity contribution in [2.45, 2.75) is 13.1 Å². The molecule has 0 unspecified atom stereocenters. The summed E-state index contributed by atoms with van der Waals surface area (Å²) in [6, 6.07) is 11.2. The Kier molecular flexibility index (Phi) is 6.85. The Morgan fingerprint density at radius 3 is 2.42 bits per heavy atom. The summed E-state index contributed by atoms with van der Waals surface area (Å²) >= 11 is 0. The molecule has 2 heterocycles. The Bertz CT molecular complexity index is 1030. The van der Waals surface area contributed by atoms with Crippen LogP contribution in [0.15, 0.2) is 54.7 Å². The van der Waals surface area contributed by atoms with Crippen molar-refractivity contribution in [3.63, 3.8) is 0 Å². The molecule has 11 heteroatoms.